The number of aromatic amines is 1. The van der Waals surface area contributed by atoms with E-state index in [2.05, 4.69) is 10.3 Å². The Bertz CT molecular complexity index is 1170. The molecule has 0 saturated heterocycles. The molecule has 0 aliphatic carbocycles. The summed E-state index contributed by atoms with van der Waals surface area (Å²) >= 11 is 13.1. The standard InChI is InChI=1S/C19H14Cl2N2O3S/c1-26-15-5-3-2-4-14(15)22-17(24)10-18-23-19(25)16(27-18)9-11-6-7-12(20)13(21)8-11/h2-10H,1H3,(H,22,24)(H,23,25)/b16-9+,18-10+. The lowest BCUT2D eigenvalue weighted by atomic mass is 10.2. The number of methoxy groups -OCH3 is 1. The number of halogens is 2. The van der Waals surface area contributed by atoms with Gasteiger partial charge < -0.3 is 15.0 Å². The van der Waals surface area contributed by atoms with Crippen LogP contribution in [0.4, 0.5) is 5.69 Å². The Morgan fingerprint density at radius 1 is 1.19 bits per heavy atom. The van der Waals surface area contributed by atoms with Crippen molar-refractivity contribution in [2.45, 2.75) is 0 Å². The maximum Gasteiger partial charge on any atom is 0.266 e. The minimum absolute atomic E-state index is 0.289. The van der Waals surface area contributed by atoms with Crippen molar-refractivity contribution in [1.29, 1.82) is 0 Å². The predicted octanol–water partition coefficient (Wildman–Crippen LogP) is 3.00. The van der Waals surface area contributed by atoms with Gasteiger partial charge in [-0.3, -0.25) is 9.59 Å². The summed E-state index contributed by atoms with van der Waals surface area (Å²) in [5.74, 6) is 0.172. The Morgan fingerprint density at radius 2 is 1.96 bits per heavy atom. The molecule has 0 aliphatic rings. The molecular weight excluding hydrogens is 407 g/mol. The summed E-state index contributed by atoms with van der Waals surface area (Å²) in [6, 6.07) is 12.1. The maximum absolute atomic E-state index is 12.2. The molecule has 0 atom stereocenters. The topological polar surface area (TPSA) is 71.2 Å². The molecule has 3 rings (SSSR count). The van der Waals surface area contributed by atoms with Crippen molar-refractivity contribution >= 4 is 58.3 Å². The van der Waals surface area contributed by atoms with E-state index >= 15 is 0 Å². The molecule has 0 unspecified atom stereocenters. The van der Waals surface area contributed by atoms with Gasteiger partial charge in [0.1, 0.15) is 10.4 Å². The highest BCUT2D eigenvalue weighted by Gasteiger charge is 2.05. The average molecular weight is 421 g/mol. The summed E-state index contributed by atoms with van der Waals surface area (Å²) in [6.07, 6.45) is 3.01. The second-order valence-electron chi connectivity index (χ2n) is 5.44. The fourth-order valence-electron chi connectivity index (χ4n) is 2.31. The number of aromatic nitrogens is 1. The Kier molecular flexibility index (Phi) is 6.01. The molecule has 2 aromatic carbocycles. The first-order chi connectivity index (χ1) is 13.0. The van der Waals surface area contributed by atoms with Crippen molar-refractivity contribution in [2.75, 3.05) is 12.4 Å². The van der Waals surface area contributed by atoms with Gasteiger partial charge in [-0.25, -0.2) is 0 Å². The SMILES string of the molecule is COc1ccccc1NC(=O)/C=c1\[nH]c(=O)/c(=C\c2ccc(Cl)c(Cl)c2)s1. The second kappa shape index (κ2) is 8.43. The van der Waals surface area contributed by atoms with Gasteiger partial charge in [-0.15, -0.1) is 11.3 Å². The second-order valence-corrected chi connectivity index (χ2v) is 7.33. The molecule has 0 aliphatic heterocycles. The van der Waals surface area contributed by atoms with E-state index in [0.29, 0.717) is 30.7 Å². The molecule has 2 N–H and O–H groups in total. The first-order valence-electron chi connectivity index (χ1n) is 7.78. The van der Waals surface area contributed by atoms with Crippen molar-refractivity contribution in [1.82, 2.24) is 4.98 Å². The van der Waals surface area contributed by atoms with Gasteiger partial charge in [0.15, 0.2) is 0 Å². The van der Waals surface area contributed by atoms with Crippen LogP contribution in [0.25, 0.3) is 12.2 Å². The zero-order valence-corrected chi connectivity index (χ0v) is 16.4. The van der Waals surface area contributed by atoms with E-state index in [-0.39, 0.29) is 11.5 Å². The predicted molar refractivity (Wildman–Crippen MR) is 110 cm³/mol. The molecule has 27 heavy (non-hydrogen) atoms. The number of hydrogen-bond acceptors (Lipinski definition) is 4. The molecule has 5 nitrogen and oxygen atoms in total. The van der Waals surface area contributed by atoms with Crippen molar-refractivity contribution in [3.05, 3.63) is 77.6 Å². The van der Waals surface area contributed by atoms with Gasteiger partial charge in [0.2, 0.25) is 0 Å². The molecule has 138 valence electrons. The number of thiazole rings is 1. The van der Waals surface area contributed by atoms with Gasteiger partial charge in [-0.2, -0.15) is 0 Å². The van der Waals surface area contributed by atoms with Gasteiger partial charge in [-0.05, 0) is 35.9 Å². The van der Waals surface area contributed by atoms with Gasteiger partial charge in [-0.1, -0.05) is 41.4 Å². The lowest BCUT2D eigenvalue weighted by Crippen LogP contribution is -2.20. The number of para-hydroxylation sites is 2. The van der Waals surface area contributed by atoms with E-state index in [1.165, 1.54) is 24.5 Å². The average Bonchev–Trinajstić information content (AvgIpc) is 2.97. The van der Waals surface area contributed by atoms with E-state index < -0.39 is 0 Å². The Labute approximate surface area is 168 Å². The highest BCUT2D eigenvalue weighted by molar-refractivity contribution is 7.07. The zero-order valence-electron chi connectivity index (χ0n) is 14.1. The lowest BCUT2D eigenvalue weighted by Gasteiger charge is -2.07. The summed E-state index contributed by atoms with van der Waals surface area (Å²) in [5, 5.41) is 3.57. The number of carbonyl (C=O) groups is 1. The van der Waals surface area contributed by atoms with Crippen LogP contribution in [0, 0.1) is 0 Å². The van der Waals surface area contributed by atoms with E-state index in [1.807, 2.05) is 0 Å². The molecule has 8 heteroatoms. The molecule has 0 fully saturated rings. The number of hydrogen-bond donors (Lipinski definition) is 2. The Morgan fingerprint density at radius 3 is 2.70 bits per heavy atom. The Hall–Kier alpha value is -2.54. The lowest BCUT2D eigenvalue weighted by molar-refractivity contribution is -0.110. The number of anilines is 1. The highest BCUT2D eigenvalue weighted by atomic mass is 35.5. The number of H-pyrrole nitrogens is 1. The van der Waals surface area contributed by atoms with Gasteiger partial charge >= 0.3 is 0 Å². The summed E-state index contributed by atoms with van der Waals surface area (Å²) in [6.45, 7) is 0. The summed E-state index contributed by atoms with van der Waals surface area (Å²) in [5.41, 5.74) is 0.993. The van der Waals surface area contributed by atoms with Crippen LogP contribution in [0.1, 0.15) is 5.56 Å². The van der Waals surface area contributed by atoms with Crippen LogP contribution in [-0.4, -0.2) is 18.0 Å². The van der Waals surface area contributed by atoms with Gasteiger partial charge in [0.25, 0.3) is 11.5 Å². The molecule has 3 aromatic rings. The van der Waals surface area contributed by atoms with Crippen LogP contribution in [0.15, 0.2) is 47.3 Å². The van der Waals surface area contributed by atoms with Crippen LogP contribution in [0.5, 0.6) is 5.75 Å². The maximum atomic E-state index is 12.2. The number of amides is 1. The third-order valence-corrected chi connectivity index (χ3v) is 5.25. The van der Waals surface area contributed by atoms with Crippen LogP contribution >= 0.6 is 34.5 Å². The van der Waals surface area contributed by atoms with Gasteiger partial charge in [0.05, 0.1) is 27.4 Å². The third-order valence-electron chi connectivity index (χ3n) is 3.55. The van der Waals surface area contributed by atoms with Crippen molar-refractivity contribution in [3.63, 3.8) is 0 Å². The molecule has 0 spiro atoms. The van der Waals surface area contributed by atoms with E-state index in [0.717, 1.165) is 5.56 Å². The molecule has 1 amide bonds. The van der Waals surface area contributed by atoms with Crippen LogP contribution < -0.4 is 24.8 Å². The monoisotopic (exact) mass is 420 g/mol. The normalized spacial score (nSPS) is 12.3. The minimum atomic E-state index is -0.377. The molecule has 1 heterocycles. The first kappa shape index (κ1) is 19.2. The van der Waals surface area contributed by atoms with Crippen LogP contribution in [0.3, 0.4) is 0 Å². The molecule has 1 aromatic heterocycles. The largest absolute Gasteiger partial charge is 0.495 e. The fraction of sp³-hybridized carbons (Fsp3) is 0.0526. The Balaban J connectivity index is 1.89. The van der Waals surface area contributed by atoms with Crippen molar-refractivity contribution in [3.8, 4) is 5.75 Å². The molecule has 0 bridgehead atoms. The van der Waals surface area contributed by atoms with Crippen LogP contribution in [0.2, 0.25) is 10.0 Å². The third kappa shape index (κ3) is 4.80. The first-order valence-corrected chi connectivity index (χ1v) is 9.35. The quantitative estimate of drug-likeness (QED) is 0.681. The molecular formula is C19H14Cl2N2O3S. The fourth-order valence-corrected chi connectivity index (χ4v) is 3.51. The van der Waals surface area contributed by atoms with Crippen molar-refractivity contribution < 1.29 is 9.53 Å². The highest BCUT2D eigenvalue weighted by Crippen LogP contribution is 2.23. The van der Waals surface area contributed by atoms with Crippen molar-refractivity contribution in [2.24, 2.45) is 0 Å². The van der Waals surface area contributed by atoms with Crippen LogP contribution in [-0.2, 0) is 4.79 Å². The number of rotatable bonds is 4. The smallest absolute Gasteiger partial charge is 0.266 e. The van der Waals surface area contributed by atoms with E-state index in [9.17, 15) is 9.59 Å². The number of nitrogens with one attached hydrogen (secondary N) is 2. The summed E-state index contributed by atoms with van der Waals surface area (Å²) in [4.78, 5) is 27.0. The van der Waals surface area contributed by atoms with E-state index in [4.69, 9.17) is 27.9 Å². The minimum Gasteiger partial charge on any atom is -0.495 e. The number of carbonyl (C=O) groups excluding carboxylic acids is 1. The van der Waals surface area contributed by atoms with E-state index in [1.54, 1.807) is 48.5 Å². The zero-order chi connectivity index (χ0) is 19.4. The molecule has 0 radical (unpaired) electrons. The number of benzene rings is 2. The summed E-state index contributed by atoms with van der Waals surface area (Å²) < 4.78 is 6.07. The molecule has 0 saturated carbocycles. The van der Waals surface area contributed by atoms with Gasteiger partial charge in [0, 0.05) is 6.08 Å². The number of ether oxygens (including phenoxy) is 1. The summed E-state index contributed by atoms with van der Waals surface area (Å²) in [7, 11) is 1.52.